The van der Waals surface area contributed by atoms with Gasteiger partial charge in [0, 0.05) is 12.3 Å². The van der Waals surface area contributed by atoms with Crippen LogP contribution in [0.15, 0.2) is 112 Å². The first kappa shape index (κ1) is 29.7. The third-order valence-corrected chi connectivity index (χ3v) is 8.86. The van der Waals surface area contributed by atoms with Gasteiger partial charge in [-0.25, -0.2) is 13.1 Å². The molecule has 228 valence electrons. The average molecular weight is 622 g/mol. The maximum absolute atomic E-state index is 13.8. The Morgan fingerprint density at radius 3 is 2.22 bits per heavy atom. The Bertz CT molecular complexity index is 2100. The van der Waals surface area contributed by atoms with E-state index in [0.29, 0.717) is 39.4 Å². The van der Waals surface area contributed by atoms with E-state index in [1.165, 1.54) is 6.92 Å². The number of anilines is 1. The van der Waals surface area contributed by atoms with E-state index in [1.807, 2.05) is 68.4 Å². The molecule has 0 spiro atoms. The van der Waals surface area contributed by atoms with Crippen molar-refractivity contribution in [2.75, 3.05) is 11.8 Å². The van der Waals surface area contributed by atoms with Crippen molar-refractivity contribution in [3.63, 3.8) is 0 Å². The number of nitrogens with one attached hydrogen (secondary N) is 1. The van der Waals surface area contributed by atoms with Crippen LogP contribution >= 0.6 is 0 Å². The van der Waals surface area contributed by atoms with Crippen LogP contribution in [0.2, 0.25) is 0 Å². The number of hydrogen-bond acceptors (Lipinski definition) is 7. The molecule has 1 unspecified atom stereocenters. The molecule has 1 atom stereocenters. The molecule has 6 aromatic rings. The van der Waals surface area contributed by atoms with E-state index in [-0.39, 0.29) is 16.5 Å². The molecule has 10 heteroatoms. The zero-order valence-corrected chi connectivity index (χ0v) is 26.0. The highest BCUT2D eigenvalue weighted by atomic mass is 32.2. The van der Waals surface area contributed by atoms with Gasteiger partial charge in [0.15, 0.2) is 0 Å². The van der Waals surface area contributed by atoms with Gasteiger partial charge in [0.05, 0.1) is 40.6 Å². The number of furan rings is 1. The molecule has 45 heavy (non-hydrogen) atoms. The lowest BCUT2D eigenvalue weighted by atomic mass is 9.88. The largest absolute Gasteiger partial charge is 0.497 e. The average Bonchev–Trinajstić information content (AvgIpc) is 3.54. The second kappa shape index (κ2) is 12.0. The van der Waals surface area contributed by atoms with Gasteiger partial charge in [-0.3, -0.25) is 9.52 Å². The van der Waals surface area contributed by atoms with Gasteiger partial charge in [-0.05, 0) is 67.9 Å². The molecule has 0 saturated heterocycles. The topological polar surface area (TPSA) is 113 Å². The van der Waals surface area contributed by atoms with Crippen molar-refractivity contribution in [3.05, 3.63) is 131 Å². The van der Waals surface area contributed by atoms with Crippen molar-refractivity contribution in [1.82, 2.24) is 9.78 Å². The van der Waals surface area contributed by atoms with Crippen LogP contribution in [0.4, 0.5) is 5.69 Å². The van der Waals surface area contributed by atoms with Crippen molar-refractivity contribution in [1.29, 1.82) is 0 Å². The van der Waals surface area contributed by atoms with Crippen LogP contribution in [0, 0.1) is 13.8 Å². The Morgan fingerprint density at radius 1 is 0.889 bits per heavy atom. The molecular formula is C35H31N3O6S. The number of nitrogens with zero attached hydrogens (tertiary/aromatic N) is 2. The van der Waals surface area contributed by atoms with E-state index in [4.69, 9.17) is 19.0 Å². The predicted molar refractivity (Wildman–Crippen MR) is 172 cm³/mol. The van der Waals surface area contributed by atoms with E-state index in [1.54, 1.807) is 60.3 Å². The molecular weight excluding hydrogens is 590 g/mol. The molecule has 2 heterocycles. The van der Waals surface area contributed by atoms with Gasteiger partial charge in [-0.2, -0.15) is 5.10 Å². The minimum atomic E-state index is -4.02. The summed E-state index contributed by atoms with van der Waals surface area (Å²) in [7, 11) is -2.44. The minimum absolute atomic E-state index is 0.115. The van der Waals surface area contributed by atoms with Crippen molar-refractivity contribution in [2.45, 2.75) is 31.6 Å². The second-order valence-electron chi connectivity index (χ2n) is 10.6. The number of fused-ring (bicyclic) bond motifs is 1. The number of aryl methyl sites for hydroxylation is 2. The maximum Gasteiger partial charge on any atom is 0.309 e. The quantitative estimate of drug-likeness (QED) is 0.171. The van der Waals surface area contributed by atoms with E-state index >= 15 is 0 Å². The molecule has 4 aromatic carbocycles. The van der Waals surface area contributed by atoms with Crippen molar-refractivity contribution in [2.24, 2.45) is 0 Å². The molecule has 2 aromatic heterocycles. The summed E-state index contributed by atoms with van der Waals surface area (Å²) in [5.41, 5.74) is 4.23. The first-order valence-electron chi connectivity index (χ1n) is 14.2. The second-order valence-corrected chi connectivity index (χ2v) is 12.3. The third-order valence-electron chi connectivity index (χ3n) is 7.49. The molecule has 6 rings (SSSR count). The fraction of sp³-hybridized carbons (Fsp3) is 0.143. The smallest absolute Gasteiger partial charge is 0.309 e. The molecule has 0 aliphatic rings. The summed E-state index contributed by atoms with van der Waals surface area (Å²) < 4.78 is 49.6. The number of aromatic nitrogens is 2. The molecule has 0 saturated carbocycles. The monoisotopic (exact) mass is 621 g/mol. The molecule has 9 nitrogen and oxygen atoms in total. The number of carbonyl (C=O) groups excluding carboxylic acids is 1. The van der Waals surface area contributed by atoms with Crippen LogP contribution in [0.25, 0.3) is 16.7 Å². The summed E-state index contributed by atoms with van der Waals surface area (Å²) in [4.78, 5) is 12.6. The maximum atomic E-state index is 13.8. The van der Waals surface area contributed by atoms with E-state index < -0.39 is 21.9 Å². The van der Waals surface area contributed by atoms with Crippen LogP contribution in [-0.2, 0) is 14.8 Å². The molecule has 0 bridgehead atoms. The Hall–Kier alpha value is -5.35. The van der Waals surface area contributed by atoms with E-state index in [0.717, 1.165) is 11.1 Å². The minimum Gasteiger partial charge on any atom is -0.497 e. The number of ether oxygens (including phenoxy) is 2. The summed E-state index contributed by atoms with van der Waals surface area (Å²) in [6, 6.07) is 30.5. The fourth-order valence-corrected chi connectivity index (χ4v) is 6.45. The molecule has 0 fully saturated rings. The van der Waals surface area contributed by atoms with Crippen LogP contribution in [-0.4, -0.2) is 31.3 Å². The van der Waals surface area contributed by atoms with Gasteiger partial charge in [0.2, 0.25) is 5.88 Å². The van der Waals surface area contributed by atoms with E-state index in [9.17, 15) is 13.2 Å². The van der Waals surface area contributed by atoms with Gasteiger partial charge < -0.3 is 13.9 Å². The van der Waals surface area contributed by atoms with Crippen molar-refractivity contribution < 1.29 is 27.1 Å². The fourth-order valence-electron chi connectivity index (χ4n) is 5.36. The highest BCUT2D eigenvalue weighted by Crippen LogP contribution is 2.46. The first-order chi connectivity index (χ1) is 21.7. The number of rotatable bonds is 9. The van der Waals surface area contributed by atoms with Gasteiger partial charge in [0.1, 0.15) is 17.1 Å². The summed E-state index contributed by atoms with van der Waals surface area (Å²) in [5.74, 6) is -0.0965. The van der Waals surface area contributed by atoms with Gasteiger partial charge >= 0.3 is 5.97 Å². The lowest BCUT2D eigenvalue weighted by Crippen LogP contribution is -2.16. The predicted octanol–water partition coefficient (Wildman–Crippen LogP) is 7.15. The summed E-state index contributed by atoms with van der Waals surface area (Å²) in [6.45, 7) is 5.03. The zero-order chi connectivity index (χ0) is 31.7. The number of methoxy groups -OCH3 is 1. The lowest BCUT2D eigenvalue weighted by Gasteiger charge is -2.19. The number of hydrogen-bond donors (Lipinski definition) is 1. The van der Waals surface area contributed by atoms with Crippen LogP contribution in [0.3, 0.4) is 0 Å². The number of benzene rings is 4. The molecule has 0 aliphatic carbocycles. The number of carbonyl (C=O) groups is 1. The Labute approximate surface area is 261 Å². The van der Waals surface area contributed by atoms with Crippen molar-refractivity contribution in [3.8, 4) is 17.3 Å². The number of sulfonamides is 1. The number of esters is 1. The molecule has 0 amide bonds. The molecule has 0 radical (unpaired) electrons. The van der Waals surface area contributed by atoms with Gasteiger partial charge in [0.25, 0.3) is 10.0 Å². The number of para-hydroxylation sites is 1. The Balaban J connectivity index is 1.61. The van der Waals surface area contributed by atoms with Crippen molar-refractivity contribution >= 4 is 32.6 Å². The van der Waals surface area contributed by atoms with Crippen LogP contribution in [0.5, 0.6) is 11.6 Å². The summed E-state index contributed by atoms with van der Waals surface area (Å²) >= 11 is 0. The van der Waals surface area contributed by atoms with Crippen LogP contribution in [0.1, 0.15) is 41.0 Å². The highest BCUT2D eigenvalue weighted by molar-refractivity contribution is 7.92. The molecule has 1 N–H and O–H groups in total. The van der Waals surface area contributed by atoms with E-state index in [2.05, 4.69) is 4.72 Å². The summed E-state index contributed by atoms with van der Waals surface area (Å²) in [5, 5.41) is 5.38. The van der Waals surface area contributed by atoms with Crippen LogP contribution < -0.4 is 14.2 Å². The van der Waals surface area contributed by atoms with Gasteiger partial charge in [-0.15, -0.1) is 0 Å². The van der Waals surface area contributed by atoms with Gasteiger partial charge in [-0.1, -0.05) is 60.2 Å². The Kier molecular flexibility index (Phi) is 7.90. The normalized spacial score (nSPS) is 12.2. The SMILES string of the molecule is COc1ccc(-n2nc(C)c(C(c3ccccc3)c3oc4ccccc4c3NS(=O)(=O)c3ccc(C)cc3)c2OC(C)=O)cc1. The first-order valence-corrected chi connectivity index (χ1v) is 15.7. The summed E-state index contributed by atoms with van der Waals surface area (Å²) in [6.07, 6.45) is 0. The standard InChI is InChI=1S/C35H31N3O6S/c1-22-14-20-28(21-15-22)45(40,41)37-33-29-12-8-9-13-30(29)44-34(33)32(25-10-6-5-7-11-25)31-23(2)36-38(35(31)43-24(3)39)26-16-18-27(42-4)19-17-26/h5-21,32,37H,1-4H3. The molecule has 0 aliphatic heterocycles. The zero-order valence-electron chi connectivity index (χ0n) is 25.1. The lowest BCUT2D eigenvalue weighted by molar-refractivity contribution is -0.132. The Morgan fingerprint density at radius 2 is 1.56 bits per heavy atom. The highest BCUT2D eigenvalue weighted by Gasteiger charge is 2.35. The third kappa shape index (κ3) is 5.80.